The molecule has 0 amide bonds. The highest BCUT2D eigenvalue weighted by Gasteiger charge is 2.30. The van der Waals surface area contributed by atoms with E-state index in [1.807, 2.05) is 6.92 Å². The molecule has 0 aromatic heterocycles. The molecular formula is C15H27NO2. The predicted octanol–water partition coefficient (Wildman–Crippen LogP) is 2.72. The van der Waals surface area contributed by atoms with Crippen LogP contribution in [0, 0.1) is 11.8 Å². The summed E-state index contributed by atoms with van der Waals surface area (Å²) in [7, 11) is 0. The fourth-order valence-electron chi connectivity index (χ4n) is 3.01. The molecule has 0 spiro atoms. The first-order valence-corrected chi connectivity index (χ1v) is 7.26. The van der Waals surface area contributed by atoms with Crippen molar-refractivity contribution in [1.82, 2.24) is 5.32 Å². The molecule has 1 saturated heterocycles. The third kappa shape index (κ3) is 3.56. The molecule has 0 bridgehead atoms. The number of allylic oxidation sites excluding steroid dienone is 1. The smallest absolute Gasteiger partial charge is 0.166 e. The first-order valence-electron chi connectivity index (χ1n) is 7.26. The van der Waals surface area contributed by atoms with Gasteiger partial charge in [0.05, 0.1) is 13.2 Å². The lowest BCUT2D eigenvalue weighted by atomic mass is 9.80. The van der Waals surface area contributed by atoms with Crippen molar-refractivity contribution in [3.8, 4) is 0 Å². The predicted molar refractivity (Wildman–Crippen MR) is 73.4 cm³/mol. The molecule has 2 atom stereocenters. The summed E-state index contributed by atoms with van der Waals surface area (Å²) in [5.74, 6) is 1.16. The van der Waals surface area contributed by atoms with Crippen molar-refractivity contribution in [2.45, 2.75) is 45.8 Å². The highest BCUT2D eigenvalue weighted by atomic mass is 16.7. The summed E-state index contributed by atoms with van der Waals surface area (Å²) in [6.45, 7) is 10.2. The number of nitrogens with one attached hydrogen (secondary N) is 1. The Kier molecular flexibility index (Phi) is 4.82. The Hall–Kier alpha value is -0.380. The van der Waals surface area contributed by atoms with E-state index in [2.05, 4.69) is 25.2 Å². The summed E-state index contributed by atoms with van der Waals surface area (Å²) in [5.41, 5.74) is 1.56. The van der Waals surface area contributed by atoms with Gasteiger partial charge in [-0.1, -0.05) is 18.6 Å². The molecule has 2 aliphatic rings. The Morgan fingerprint density at radius 1 is 1.39 bits per heavy atom. The molecule has 0 saturated carbocycles. The van der Waals surface area contributed by atoms with Crippen LogP contribution >= 0.6 is 0 Å². The van der Waals surface area contributed by atoms with Crippen molar-refractivity contribution < 1.29 is 9.47 Å². The largest absolute Gasteiger partial charge is 0.348 e. The van der Waals surface area contributed by atoms with Crippen molar-refractivity contribution in [3.05, 3.63) is 11.6 Å². The summed E-state index contributed by atoms with van der Waals surface area (Å²) >= 11 is 0. The SMILES string of the molecule is CC1=CCC[C@@H](C)[C@@H]1CNCCC1(C)OCCO1. The van der Waals surface area contributed by atoms with Crippen LogP contribution < -0.4 is 5.32 Å². The minimum Gasteiger partial charge on any atom is -0.348 e. The summed E-state index contributed by atoms with van der Waals surface area (Å²) in [6, 6.07) is 0. The van der Waals surface area contributed by atoms with Crippen LogP contribution in [0.5, 0.6) is 0 Å². The fourth-order valence-corrected chi connectivity index (χ4v) is 3.01. The Bertz CT molecular complexity index is 295. The van der Waals surface area contributed by atoms with Crippen LogP contribution in [0.15, 0.2) is 11.6 Å². The van der Waals surface area contributed by atoms with Crippen LogP contribution in [0.3, 0.4) is 0 Å². The van der Waals surface area contributed by atoms with Crippen molar-refractivity contribution in [2.24, 2.45) is 11.8 Å². The minimum atomic E-state index is -0.351. The third-order valence-electron chi connectivity index (χ3n) is 4.38. The maximum Gasteiger partial charge on any atom is 0.166 e. The number of hydrogen-bond acceptors (Lipinski definition) is 3. The zero-order valence-electron chi connectivity index (χ0n) is 12.0. The molecule has 0 aromatic carbocycles. The van der Waals surface area contributed by atoms with Gasteiger partial charge in [-0.15, -0.1) is 0 Å². The van der Waals surface area contributed by atoms with E-state index < -0.39 is 0 Å². The van der Waals surface area contributed by atoms with E-state index in [0.29, 0.717) is 5.92 Å². The summed E-state index contributed by atoms with van der Waals surface area (Å²) < 4.78 is 11.2. The summed E-state index contributed by atoms with van der Waals surface area (Å²) in [4.78, 5) is 0. The van der Waals surface area contributed by atoms with E-state index in [1.165, 1.54) is 12.8 Å². The van der Waals surface area contributed by atoms with Crippen LogP contribution in [-0.2, 0) is 9.47 Å². The van der Waals surface area contributed by atoms with E-state index >= 15 is 0 Å². The maximum atomic E-state index is 5.60. The second-order valence-electron chi connectivity index (χ2n) is 5.89. The summed E-state index contributed by atoms with van der Waals surface area (Å²) in [5, 5.41) is 3.57. The average Bonchev–Trinajstić information content (AvgIpc) is 2.75. The summed E-state index contributed by atoms with van der Waals surface area (Å²) in [6.07, 6.45) is 5.91. The molecule has 1 aliphatic heterocycles. The lowest BCUT2D eigenvalue weighted by molar-refractivity contribution is -0.145. The Balaban J connectivity index is 1.68. The van der Waals surface area contributed by atoms with Crippen LogP contribution in [0.2, 0.25) is 0 Å². The fraction of sp³-hybridized carbons (Fsp3) is 0.867. The van der Waals surface area contributed by atoms with Gasteiger partial charge in [0, 0.05) is 19.5 Å². The van der Waals surface area contributed by atoms with Gasteiger partial charge >= 0.3 is 0 Å². The minimum absolute atomic E-state index is 0.351. The Morgan fingerprint density at radius 2 is 2.11 bits per heavy atom. The van der Waals surface area contributed by atoms with Crippen molar-refractivity contribution in [2.75, 3.05) is 26.3 Å². The van der Waals surface area contributed by atoms with Crippen LogP contribution in [0.1, 0.15) is 40.0 Å². The third-order valence-corrected chi connectivity index (χ3v) is 4.38. The first kappa shape index (κ1) is 14.0. The molecule has 18 heavy (non-hydrogen) atoms. The molecular weight excluding hydrogens is 226 g/mol. The van der Waals surface area contributed by atoms with Gasteiger partial charge in [0.25, 0.3) is 0 Å². The number of rotatable bonds is 5. The van der Waals surface area contributed by atoms with Crippen molar-refractivity contribution in [3.63, 3.8) is 0 Å². The molecule has 0 radical (unpaired) electrons. The molecule has 1 fully saturated rings. The van der Waals surface area contributed by atoms with Crippen LogP contribution in [0.25, 0.3) is 0 Å². The Labute approximate surface area is 111 Å². The maximum absolute atomic E-state index is 5.60. The molecule has 2 rings (SSSR count). The van der Waals surface area contributed by atoms with Gasteiger partial charge in [-0.25, -0.2) is 0 Å². The van der Waals surface area contributed by atoms with Gasteiger partial charge in [-0.3, -0.25) is 0 Å². The topological polar surface area (TPSA) is 30.5 Å². The molecule has 1 heterocycles. The monoisotopic (exact) mass is 253 g/mol. The number of ether oxygens (including phenoxy) is 2. The van der Waals surface area contributed by atoms with E-state index in [-0.39, 0.29) is 5.79 Å². The zero-order valence-corrected chi connectivity index (χ0v) is 12.0. The molecule has 3 nitrogen and oxygen atoms in total. The second kappa shape index (κ2) is 6.18. The highest BCUT2D eigenvalue weighted by molar-refractivity contribution is 5.09. The van der Waals surface area contributed by atoms with Gasteiger partial charge in [-0.05, 0) is 38.5 Å². The second-order valence-corrected chi connectivity index (χ2v) is 5.89. The van der Waals surface area contributed by atoms with Crippen molar-refractivity contribution in [1.29, 1.82) is 0 Å². The van der Waals surface area contributed by atoms with E-state index in [1.54, 1.807) is 5.57 Å². The molecule has 1 aliphatic carbocycles. The molecule has 3 heteroatoms. The van der Waals surface area contributed by atoms with Gasteiger partial charge in [0.2, 0.25) is 0 Å². The quantitative estimate of drug-likeness (QED) is 0.603. The van der Waals surface area contributed by atoms with E-state index in [9.17, 15) is 0 Å². The van der Waals surface area contributed by atoms with E-state index in [0.717, 1.165) is 38.6 Å². The van der Waals surface area contributed by atoms with Crippen LogP contribution in [0.4, 0.5) is 0 Å². The van der Waals surface area contributed by atoms with Gasteiger partial charge < -0.3 is 14.8 Å². The highest BCUT2D eigenvalue weighted by Crippen LogP contribution is 2.29. The lowest BCUT2D eigenvalue weighted by Gasteiger charge is -2.29. The molecule has 104 valence electrons. The number of hydrogen-bond donors (Lipinski definition) is 1. The zero-order chi connectivity index (χ0) is 13.0. The first-order chi connectivity index (χ1) is 8.61. The van der Waals surface area contributed by atoms with Gasteiger partial charge in [0.1, 0.15) is 0 Å². The standard InChI is InChI=1S/C15H27NO2/c1-12-5-4-6-13(2)14(12)11-16-8-7-15(3)17-9-10-18-15/h5,13-14,16H,4,6-11H2,1-3H3/t13-,14-/m1/s1. The normalized spacial score (nSPS) is 31.4. The lowest BCUT2D eigenvalue weighted by Crippen LogP contribution is -2.35. The van der Waals surface area contributed by atoms with E-state index in [4.69, 9.17) is 9.47 Å². The molecule has 0 unspecified atom stereocenters. The van der Waals surface area contributed by atoms with Gasteiger partial charge in [-0.2, -0.15) is 0 Å². The van der Waals surface area contributed by atoms with Gasteiger partial charge in [0.15, 0.2) is 5.79 Å². The van der Waals surface area contributed by atoms with Crippen molar-refractivity contribution >= 4 is 0 Å². The Morgan fingerprint density at radius 3 is 2.78 bits per heavy atom. The molecule has 0 aromatic rings. The molecule has 1 N–H and O–H groups in total. The average molecular weight is 253 g/mol. The van der Waals surface area contributed by atoms with Crippen LogP contribution in [-0.4, -0.2) is 32.1 Å².